The molecule has 1 saturated heterocycles. The second kappa shape index (κ2) is 7.29. The molecule has 0 spiro atoms. The largest absolute Gasteiger partial charge is 0.396 e. The number of nitrogens with zero attached hydrogens (tertiary/aromatic N) is 1. The van der Waals surface area contributed by atoms with Gasteiger partial charge < -0.3 is 10.2 Å². The van der Waals surface area contributed by atoms with E-state index in [-0.39, 0.29) is 18.7 Å². The molecule has 7 heteroatoms. The molecule has 1 unspecified atom stereocenters. The Kier molecular flexibility index (Phi) is 5.25. The number of carbonyl (C=O) groups is 2. The van der Waals surface area contributed by atoms with Crippen molar-refractivity contribution in [3.63, 3.8) is 0 Å². The zero-order valence-electron chi connectivity index (χ0n) is 14.5. The molecule has 1 N–H and O–H groups in total. The lowest BCUT2D eigenvalue weighted by atomic mass is 9.68. The molecule has 1 heterocycles. The van der Waals surface area contributed by atoms with Gasteiger partial charge in [0, 0.05) is 19.5 Å². The lowest BCUT2D eigenvalue weighted by Gasteiger charge is -2.43. The molecular formula is C19H23F3N2O2. The van der Waals surface area contributed by atoms with Crippen molar-refractivity contribution in [2.75, 3.05) is 13.1 Å². The Bertz CT molecular complexity index is 656. The standard InChI is InChI=1S/C19H23F3N2O2/c20-19(21,22)18(10-6-11-18)13-23-17(26)16(14-7-2-1-3-8-14)24-12-5-4-9-15(24)25/h1-3,7-8,16H,4-6,9-13H2,(H,23,26). The van der Waals surface area contributed by atoms with Gasteiger partial charge in [-0.2, -0.15) is 13.2 Å². The highest BCUT2D eigenvalue weighted by Crippen LogP contribution is 2.52. The van der Waals surface area contributed by atoms with Crippen LogP contribution in [0.2, 0.25) is 0 Å². The minimum Gasteiger partial charge on any atom is -0.353 e. The van der Waals surface area contributed by atoms with Crippen LogP contribution in [-0.4, -0.2) is 36.0 Å². The number of alkyl halides is 3. The number of hydrogen-bond donors (Lipinski definition) is 1. The predicted molar refractivity (Wildman–Crippen MR) is 90.1 cm³/mol. The molecule has 1 saturated carbocycles. The Balaban J connectivity index is 1.78. The third kappa shape index (κ3) is 3.57. The Morgan fingerprint density at radius 3 is 2.38 bits per heavy atom. The number of benzene rings is 1. The van der Waals surface area contributed by atoms with Gasteiger partial charge in [0.25, 0.3) is 0 Å². The van der Waals surface area contributed by atoms with Gasteiger partial charge in [0.2, 0.25) is 11.8 Å². The number of halogens is 3. The molecule has 0 radical (unpaired) electrons. The molecule has 1 aliphatic heterocycles. The molecule has 142 valence electrons. The summed E-state index contributed by atoms with van der Waals surface area (Å²) in [7, 11) is 0. The van der Waals surface area contributed by atoms with Crippen molar-refractivity contribution in [3.8, 4) is 0 Å². The average molecular weight is 368 g/mol. The van der Waals surface area contributed by atoms with E-state index < -0.39 is 30.1 Å². The summed E-state index contributed by atoms with van der Waals surface area (Å²) >= 11 is 0. The van der Waals surface area contributed by atoms with Crippen LogP contribution in [0.25, 0.3) is 0 Å². The summed E-state index contributed by atoms with van der Waals surface area (Å²) in [6, 6.07) is 7.89. The molecule has 2 amide bonds. The molecule has 3 rings (SSSR count). The summed E-state index contributed by atoms with van der Waals surface area (Å²) in [5.41, 5.74) is -1.20. The molecule has 4 nitrogen and oxygen atoms in total. The van der Waals surface area contributed by atoms with E-state index >= 15 is 0 Å². The van der Waals surface area contributed by atoms with Gasteiger partial charge in [-0.15, -0.1) is 0 Å². The molecule has 1 aromatic rings. The zero-order chi connectivity index (χ0) is 18.8. The summed E-state index contributed by atoms with van der Waals surface area (Å²) in [5, 5.41) is 2.50. The molecule has 1 aliphatic carbocycles. The van der Waals surface area contributed by atoms with Crippen LogP contribution < -0.4 is 5.32 Å². The molecule has 2 fully saturated rings. The Hall–Kier alpha value is -2.05. The van der Waals surface area contributed by atoms with E-state index in [1.807, 2.05) is 0 Å². The lowest BCUT2D eigenvalue weighted by Crippen LogP contribution is -2.54. The van der Waals surface area contributed by atoms with Gasteiger partial charge in [0.05, 0.1) is 5.41 Å². The smallest absolute Gasteiger partial charge is 0.353 e. The predicted octanol–water partition coefficient (Wildman–Crippen LogP) is 3.59. The fourth-order valence-corrected chi connectivity index (χ4v) is 3.72. The summed E-state index contributed by atoms with van der Waals surface area (Å²) in [6.45, 7) is 0.0108. The topological polar surface area (TPSA) is 49.4 Å². The summed E-state index contributed by atoms with van der Waals surface area (Å²) in [5.74, 6) is -0.670. The maximum absolute atomic E-state index is 13.3. The van der Waals surface area contributed by atoms with Gasteiger partial charge in [-0.25, -0.2) is 0 Å². The number of hydrogen-bond acceptors (Lipinski definition) is 2. The number of rotatable bonds is 5. The van der Waals surface area contributed by atoms with Crippen LogP contribution in [0.4, 0.5) is 13.2 Å². The van der Waals surface area contributed by atoms with Crippen molar-refractivity contribution in [2.24, 2.45) is 5.41 Å². The SMILES string of the molecule is O=C(NCC1(C(F)(F)F)CCC1)C(c1ccccc1)N1CCCCC1=O. The molecule has 2 aliphatic rings. The van der Waals surface area contributed by atoms with E-state index in [0.29, 0.717) is 24.9 Å². The second-order valence-corrected chi connectivity index (χ2v) is 7.21. The normalized spacial score (nSPS) is 21.0. The van der Waals surface area contributed by atoms with Gasteiger partial charge >= 0.3 is 6.18 Å². The van der Waals surface area contributed by atoms with Gasteiger partial charge in [-0.3, -0.25) is 9.59 Å². The Labute approximate surface area is 150 Å². The number of piperidine rings is 1. The van der Waals surface area contributed by atoms with E-state index in [0.717, 1.165) is 12.8 Å². The molecule has 0 aromatic heterocycles. The average Bonchev–Trinajstić information content (AvgIpc) is 2.55. The van der Waals surface area contributed by atoms with Crippen LogP contribution in [0, 0.1) is 5.41 Å². The molecule has 1 aromatic carbocycles. The molecule has 1 atom stereocenters. The van der Waals surface area contributed by atoms with Crippen molar-refractivity contribution in [3.05, 3.63) is 35.9 Å². The molecule has 0 bridgehead atoms. The third-order valence-corrected chi connectivity index (χ3v) is 5.55. The summed E-state index contributed by atoms with van der Waals surface area (Å²) < 4.78 is 40.0. The number of amides is 2. The molecular weight excluding hydrogens is 345 g/mol. The first-order valence-electron chi connectivity index (χ1n) is 9.03. The van der Waals surface area contributed by atoms with E-state index in [9.17, 15) is 22.8 Å². The Morgan fingerprint density at radius 2 is 1.85 bits per heavy atom. The minimum atomic E-state index is -4.33. The van der Waals surface area contributed by atoms with Crippen LogP contribution in [0.15, 0.2) is 30.3 Å². The quantitative estimate of drug-likeness (QED) is 0.864. The van der Waals surface area contributed by atoms with Gasteiger partial charge in [-0.1, -0.05) is 36.8 Å². The fourth-order valence-electron chi connectivity index (χ4n) is 3.72. The first kappa shape index (κ1) is 18.7. The number of carbonyl (C=O) groups excluding carboxylic acids is 2. The van der Waals surface area contributed by atoms with Crippen LogP contribution in [0.1, 0.15) is 50.1 Å². The number of nitrogens with one attached hydrogen (secondary N) is 1. The highest BCUT2D eigenvalue weighted by Gasteiger charge is 2.58. The third-order valence-electron chi connectivity index (χ3n) is 5.55. The van der Waals surface area contributed by atoms with Crippen LogP contribution in [-0.2, 0) is 9.59 Å². The van der Waals surface area contributed by atoms with E-state index in [4.69, 9.17) is 0 Å². The summed E-state index contributed by atoms with van der Waals surface area (Å²) in [4.78, 5) is 26.6. The fraction of sp³-hybridized carbons (Fsp3) is 0.579. The first-order valence-corrected chi connectivity index (χ1v) is 9.03. The van der Waals surface area contributed by atoms with E-state index in [2.05, 4.69) is 5.32 Å². The van der Waals surface area contributed by atoms with Crippen molar-refractivity contribution >= 4 is 11.8 Å². The van der Waals surface area contributed by atoms with Crippen molar-refractivity contribution in [2.45, 2.75) is 50.7 Å². The van der Waals surface area contributed by atoms with Crippen LogP contribution >= 0.6 is 0 Å². The van der Waals surface area contributed by atoms with Crippen molar-refractivity contribution in [1.82, 2.24) is 10.2 Å². The van der Waals surface area contributed by atoms with Gasteiger partial charge in [-0.05, 0) is 31.2 Å². The second-order valence-electron chi connectivity index (χ2n) is 7.21. The van der Waals surface area contributed by atoms with E-state index in [1.54, 1.807) is 30.3 Å². The maximum atomic E-state index is 13.3. The first-order chi connectivity index (χ1) is 12.3. The lowest BCUT2D eigenvalue weighted by molar-refractivity contribution is -0.248. The summed E-state index contributed by atoms with van der Waals surface area (Å²) in [6.07, 6.45) is -1.82. The highest BCUT2D eigenvalue weighted by atomic mass is 19.4. The molecule has 26 heavy (non-hydrogen) atoms. The highest BCUT2D eigenvalue weighted by molar-refractivity contribution is 5.89. The zero-order valence-corrected chi connectivity index (χ0v) is 14.5. The Morgan fingerprint density at radius 1 is 1.15 bits per heavy atom. The van der Waals surface area contributed by atoms with Crippen molar-refractivity contribution in [1.29, 1.82) is 0 Å². The number of likely N-dealkylation sites (tertiary alicyclic amines) is 1. The monoisotopic (exact) mass is 368 g/mol. The van der Waals surface area contributed by atoms with Gasteiger partial charge in [0.1, 0.15) is 6.04 Å². The van der Waals surface area contributed by atoms with Crippen LogP contribution in [0.3, 0.4) is 0 Å². The maximum Gasteiger partial charge on any atom is 0.396 e. The van der Waals surface area contributed by atoms with Gasteiger partial charge in [0.15, 0.2) is 0 Å². The van der Waals surface area contributed by atoms with Crippen LogP contribution in [0.5, 0.6) is 0 Å². The van der Waals surface area contributed by atoms with E-state index in [1.165, 1.54) is 4.90 Å². The van der Waals surface area contributed by atoms with Crippen molar-refractivity contribution < 1.29 is 22.8 Å². The minimum absolute atomic E-state index is 0.0371.